The molecule has 4 aliphatic rings. The first-order valence-electron chi connectivity index (χ1n) is 37.2. The van der Waals surface area contributed by atoms with Crippen molar-refractivity contribution in [2.45, 2.75) is 77.8 Å². The predicted molar refractivity (Wildman–Crippen MR) is 438 cm³/mol. The van der Waals surface area contributed by atoms with Crippen LogP contribution in [-0.2, 0) is 5.41 Å². The van der Waals surface area contributed by atoms with Gasteiger partial charge in [0.15, 0.2) is 0 Å². The first kappa shape index (κ1) is 62.4. The average Bonchev–Trinajstić information content (AvgIpc) is 0.878. The van der Waals surface area contributed by atoms with Crippen LogP contribution in [-0.4, -0.2) is 23.4 Å². The summed E-state index contributed by atoms with van der Waals surface area (Å²) in [4.78, 5) is 8.36. The molecule has 15 aromatic rings. The number of nitrogens with zero attached hydrogens (tertiary/aromatic N) is 4. The second-order valence-corrected chi connectivity index (χ2v) is 30.6. The molecule has 14 aromatic carbocycles. The topological polar surface area (TPSA) is 14.7 Å². The third-order valence-corrected chi connectivity index (χ3v) is 23.0. The van der Waals surface area contributed by atoms with E-state index in [1.165, 1.54) is 97.5 Å². The summed E-state index contributed by atoms with van der Waals surface area (Å²) in [5, 5.41) is 2.47. The number of hydrogen-bond acceptors (Lipinski definition) is 3. The first-order chi connectivity index (χ1) is 50.5. The molecule has 5 heteroatoms. The number of piperidine rings is 1. The SMILES string of the molecule is CC1CC2CC(C)N(c3ccc4c(c3)N(c3c(-c5ccccc5)cc(-c5ccccc5)cc3-c3ccccc3)c3cc(-c5ccc(C(C)(C)C)cc5)cc5c3B4c3ccc(-n4c6ccccc6c6ccccc64)cc3N5c3c(-c4ccccc4)cc(-c4ccccc4)cc3-c3ccccc3)C(C1)C2. The van der Waals surface area contributed by atoms with Crippen LogP contribution in [0.1, 0.15) is 65.9 Å². The van der Waals surface area contributed by atoms with E-state index in [0.29, 0.717) is 18.0 Å². The van der Waals surface area contributed by atoms with E-state index in [1.807, 2.05) is 0 Å². The Labute approximate surface area is 606 Å². The van der Waals surface area contributed by atoms with Gasteiger partial charge in [-0.2, -0.15) is 0 Å². The number of para-hydroxylation sites is 2. The fourth-order valence-corrected chi connectivity index (χ4v) is 18.5. The minimum atomic E-state index is -0.216. The minimum Gasteiger partial charge on any atom is -0.366 e. The molecule has 4 nitrogen and oxygen atoms in total. The molecule has 0 spiro atoms. The number of aromatic nitrogens is 1. The molecule has 3 aliphatic heterocycles. The van der Waals surface area contributed by atoms with Crippen LogP contribution >= 0.6 is 0 Å². The molecule has 1 saturated carbocycles. The van der Waals surface area contributed by atoms with Gasteiger partial charge in [0.05, 0.1) is 22.4 Å². The zero-order valence-electron chi connectivity index (χ0n) is 59.2. The molecular formula is C98H81BN4. The van der Waals surface area contributed by atoms with Gasteiger partial charge in [-0.25, -0.2) is 0 Å². The smallest absolute Gasteiger partial charge is 0.252 e. The van der Waals surface area contributed by atoms with E-state index in [2.05, 4.69) is 381 Å². The molecule has 19 rings (SSSR count). The van der Waals surface area contributed by atoms with Crippen molar-refractivity contribution in [2.24, 2.45) is 11.8 Å². The van der Waals surface area contributed by atoms with Gasteiger partial charge in [-0.05, 0) is 200 Å². The fourth-order valence-electron chi connectivity index (χ4n) is 18.5. The van der Waals surface area contributed by atoms with E-state index in [0.717, 1.165) is 101 Å². The van der Waals surface area contributed by atoms with Crippen molar-refractivity contribution in [1.82, 2.24) is 4.57 Å². The molecule has 1 saturated heterocycles. The van der Waals surface area contributed by atoms with Gasteiger partial charge >= 0.3 is 0 Å². The molecule has 1 aromatic heterocycles. The van der Waals surface area contributed by atoms with Crippen molar-refractivity contribution in [3.05, 3.63) is 333 Å². The summed E-state index contributed by atoms with van der Waals surface area (Å²) < 4.78 is 2.51. The maximum atomic E-state index is 2.86. The molecule has 496 valence electrons. The Morgan fingerprint density at radius 3 is 1.14 bits per heavy atom. The first-order valence-corrected chi connectivity index (χ1v) is 37.2. The lowest BCUT2D eigenvalue weighted by Crippen LogP contribution is -2.61. The lowest BCUT2D eigenvalue weighted by molar-refractivity contribution is 0.179. The van der Waals surface area contributed by atoms with Gasteiger partial charge in [-0.3, -0.25) is 0 Å². The van der Waals surface area contributed by atoms with Crippen molar-refractivity contribution < 1.29 is 0 Å². The zero-order valence-corrected chi connectivity index (χ0v) is 59.2. The number of anilines is 7. The number of fused-ring (bicyclic) bond motifs is 9. The molecule has 0 radical (unpaired) electrons. The Balaban J connectivity index is 0.995. The highest BCUT2D eigenvalue weighted by Gasteiger charge is 2.47. The summed E-state index contributed by atoms with van der Waals surface area (Å²) in [6, 6.07) is 126. The van der Waals surface area contributed by atoms with Crippen molar-refractivity contribution in [1.29, 1.82) is 0 Å². The largest absolute Gasteiger partial charge is 0.366 e. The van der Waals surface area contributed by atoms with Crippen LogP contribution in [0.4, 0.5) is 39.8 Å². The van der Waals surface area contributed by atoms with Crippen LogP contribution in [0.2, 0.25) is 0 Å². The Morgan fingerprint density at radius 1 is 0.320 bits per heavy atom. The van der Waals surface area contributed by atoms with Crippen LogP contribution in [0.3, 0.4) is 0 Å². The summed E-state index contributed by atoms with van der Waals surface area (Å²) in [6.07, 6.45) is 4.96. The standard InChI is InChI=1S/C98H81BN4/c1-64-52-66-54-65(2)100(80(53-64)55-66)78-48-50-87-91(62-78)102(96-83(70-32-16-8-17-33-70)56-74(67-28-12-6-13-29-67)57-84(96)71-34-18-9-19-35-71)93-60-76(69-44-46-77(47-45-69)98(3,4)5)61-94-95(93)99(87)88-51-49-79(101-89-42-26-24-40-81(89)82-41-25-27-43-90(82)101)63-92(88)103(94)97-85(72-36-20-10-21-37-72)58-75(68-30-14-7-15-31-68)59-86(97)73-38-22-11-23-39-73/h6-51,56-66,80H,52-55H2,1-5H3. The highest BCUT2D eigenvalue weighted by molar-refractivity contribution is 7.00. The Kier molecular flexibility index (Phi) is 15.2. The van der Waals surface area contributed by atoms with E-state index in [9.17, 15) is 0 Å². The van der Waals surface area contributed by atoms with E-state index in [-0.39, 0.29) is 12.1 Å². The quantitative estimate of drug-likeness (QED) is 0.120. The molecule has 2 bridgehead atoms. The van der Waals surface area contributed by atoms with Crippen LogP contribution in [0.15, 0.2) is 328 Å². The van der Waals surface area contributed by atoms with Crippen molar-refractivity contribution in [3.8, 4) is 83.6 Å². The van der Waals surface area contributed by atoms with Gasteiger partial charge in [0.25, 0.3) is 6.71 Å². The molecule has 0 N–H and O–H groups in total. The normalized spacial score (nSPS) is 16.7. The Bertz CT molecular complexity index is 5550. The molecular weight excluding hydrogens is 1240 g/mol. The van der Waals surface area contributed by atoms with Crippen molar-refractivity contribution in [3.63, 3.8) is 0 Å². The summed E-state index contributed by atoms with van der Waals surface area (Å²) in [5.41, 5.74) is 32.9. The van der Waals surface area contributed by atoms with E-state index in [1.54, 1.807) is 0 Å². The summed E-state index contributed by atoms with van der Waals surface area (Å²) in [5.74, 6) is 1.42. The van der Waals surface area contributed by atoms with Crippen molar-refractivity contribution in [2.75, 3.05) is 14.7 Å². The van der Waals surface area contributed by atoms with Crippen molar-refractivity contribution >= 4 is 84.7 Å². The molecule has 0 amide bonds. The van der Waals surface area contributed by atoms with Crippen LogP contribution in [0, 0.1) is 11.8 Å². The van der Waals surface area contributed by atoms with Crippen LogP contribution < -0.4 is 31.1 Å². The third-order valence-electron chi connectivity index (χ3n) is 23.0. The molecule has 1 aliphatic carbocycles. The molecule has 4 unspecified atom stereocenters. The molecule has 103 heavy (non-hydrogen) atoms. The average molecular weight is 1330 g/mol. The lowest BCUT2D eigenvalue weighted by atomic mass is 9.33. The summed E-state index contributed by atoms with van der Waals surface area (Å²) >= 11 is 0. The van der Waals surface area contributed by atoms with E-state index < -0.39 is 0 Å². The van der Waals surface area contributed by atoms with Gasteiger partial charge in [0.1, 0.15) is 0 Å². The Morgan fingerprint density at radius 2 is 0.699 bits per heavy atom. The zero-order chi connectivity index (χ0) is 69.0. The molecule has 4 heterocycles. The number of benzene rings is 14. The van der Waals surface area contributed by atoms with Crippen LogP contribution in [0.5, 0.6) is 0 Å². The Hall–Kier alpha value is -11.7. The van der Waals surface area contributed by atoms with Gasteiger partial charge in [0.2, 0.25) is 0 Å². The molecule has 4 atom stereocenters. The van der Waals surface area contributed by atoms with Gasteiger partial charge in [-0.15, -0.1) is 0 Å². The maximum Gasteiger partial charge on any atom is 0.252 e. The third kappa shape index (κ3) is 10.7. The van der Waals surface area contributed by atoms with Crippen LogP contribution in [0.25, 0.3) is 105 Å². The highest BCUT2D eigenvalue weighted by Crippen LogP contribution is 2.56. The highest BCUT2D eigenvalue weighted by atomic mass is 15.2. The summed E-state index contributed by atoms with van der Waals surface area (Å²) in [6.45, 7) is 11.8. The van der Waals surface area contributed by atoms with Gasteiger partial charge in [0, 0.05) is 79.2 Å². The summed E-state index contributed by atoms with van der Waals surface area (Å²) in [7, 11) is 0. The van der Waals surface area contributed by atoms with E-state index in [4.69, 9.17) is 0 Å². The lowest BCUT2D eigenvalue weighted by Gasteiger charge is -2.51. The molecule has 2 fully saturated rings. The van der Waals surface area contributed by atoms with Gasteiger partial charge in [-0.1, -0.05) is 282 Å². The van der Waals surface area contributed by atoms with E-state index >= 15 is 0 Å². The fraction of sp³-hybridized carbons (Fsp3) is 0.143. The number of rotatable bonds is 11. The minimum absolute atomic E-state index is 0.0516. The maximum absolute atomic E-state index is 2.86. The monoisotopic (exact) mass is 1320 g/mol. The predicted octanol–water partition coefficient (Wildman–Crippen LogP) is 24.2. The van der Waals surface area contributed by atoms with Gasteiger partial charge < -0.3 is 19.3 Å². The second-order valence-electron chi connectivity index (χ2n) is 30.6. The second kappa shape index (κ2) is 25.1. The number of hydrogen-bond donors (Lipinski definition) is 0.